The van der Waals surface area contributed by atoms with Gasteiger partial charge in [-0.25, -0.2) is 4.98 Å². The maximum Gasteiger partial charge on any atom is 0.266 e. The summed E-state index contributed by atoms with van der Waals surface area (Å²) >= 11 is 1.59. The quantitative estimate of drug-likeness (QED) is 0.242. The average Bonchev–Trinajstić information content (AvgIpc) is 3.30. The number of para-hydroxylation sites is 1. The molecule has 150 valence electrons. The molecule has 6 nitrogen and oxygen atoms in total. The molecular weight excluding hydrogens is 394 g/mol. The molecule has 30 heavy (non-hydrogen) atoms. The lowest BCUT2D eigenvalue weighted by atomic mass is 10.2. The number of benzene rings is 2. The summed E-state index contributed by atoms with van der Waals surface area (Å²) in [6, 6.07) is 18.5. The van der Waals surface area contributed by atoms with E-state index in [-0.39, 0.29) is 5.56 Å². The zero-order chi connectivity index (χ0) is 20.8. The number of thioether (sulfide) groups is 1. The first-order chi connectivity index (χ1) is 14.8. The van der Waals surface area contributed by atoms with Gasteiger partial charge >= 0.3 is 0 Å². The Morgan fingerprint density at radius 3 is 2.60 bits per heavy atom. The van der Waals surface area contributed by atoms with E-state index in [0.717, 1.165) is 37.2 Å². The SMILES string of the molecule is N#Cc1ccc(-n2c(SCCCCCn3cccn3)nc3ccccc3c2=O)cc1. The molecule has 0 aliphatic rings. The van der Waals surface area contributed by atoms with Gasteiger partial charge in [-0.15, -0.1) is 0 Å². The van der Waals surface area contributed by atoms with Crippen molar-refractivity contribution in [1.82, 2.24) is 19.3 Å². The molecule has 0 atom stereocenters. The number of fused-ring (bicyclic) bond motifs is 1. The van der Waals surface area contributed by atoms with Crippen LogP contribution in [0.15, 0.2) is 76.9 Å². The smallest absolute Gasteiger partial charge is 0.266 e. The maximum atomic E-state index is 13.2. The van der Waals surface area contributed by atoms with Gasteiger partial charge < -0.3 is 0 Å². The van der Waals surface area contributed by atoms with Crippen LogP contribution in [0.2, 0.25) is 0 Å². The van der Waals surface area contributed by atoms with Crippen molar-refractivity contribution < 1.29 is 0 Å². The fraction of sp³-hybridized carbons (Fsp3) is 0.217. The van der Waals surface area contributed by atoms with E-state index in [1.54, 1.807) is 52.9 Å². The summed E-state index contributed by atoms with van der Waals surface area (Å²) in [5.74, 6) is 0.875. The number of nitrogens with zero attached hydrogens (tertiary/aromatic N) is 5. The second-order valence-electron chi connectivity index (χ2n) is 6.89. The summed E-state index contributed by atoms with van der Waals surface area (Å²) in [7, 11) is 0. The van der Waals surface area contributed by atoms with Gasteiger partial charge in [-0.1, -0.05) is 30.3 Å². The monoisotopic (exact) mass is 415 g/mol. The zero-order valence-corrected chi connectivity index (χ0v) is 17.3. The summed E-state index contributed by atoms with van der Waals surface area (Å²) < 4.78 is 3.60. The van der Waals surface area contributed by atoms with Crippen molar-refractivity contribution in [3.63, 3.8) is 0 Å². The molecule has 2 aromatic carbocycles. The number of rotatable bonds is 8. The second kappa shape index (κ2) is 9.42. The van der Waals surface area contributed by atoms with E-state index >= 15 is 0 Å². The van der Waals surface area contributed by atoms with E-state index in [0.29, 0.717) is 21.6 Å². The van der Waals surface area contributed by atoms with E-state index in [4.69, 9.17) is 10.2 Å². The van der Waals surface area contributed by atoms with Crippen LogP contribution in [0.3, 0.4) is 0 Å². The van der Waals surface area contributed by atoms with Crippen LogP contribution in [0.4, 0.5) is 0 Å². The van der Waals surface area contributed by atoms with Crippen molar-refractivity contribution in [2.45, 2.75) is 31.0 Å². The van der Waals surface area contributed by atoms with Crippen molar-refractivity contribution in [3.8, 4) is 11.8 Å². The summed E-state index contributed by atoms with van der Waals surface area (Å²) in [4.78, 5) is 18.0. The Morgan fingerprint density at radius 1 is 1.00 bits per heavy atom. The highest BCUT2D eigenvalue weighted by Gasteiger charge is 2.13. The van der Waals surface area contributed by atoms with Gasteiger partial charge in [-0.3, -0.25) is 14.0 Å². The zero-order valence-electron chi connectivity index (χ0n) is 16.4. The molecule has 2 aromatic heterocycles. The minimum atomic E-state index is -0.0912. The van der Waals surface area contributed by atoms with Gasteiger partial charge in [-0.05, 0) is 55.3 Å². The highest BCUT2D eigenvalue weighted by atomic mass is 32.2. The predicted molar refractivity (Wildman–Crippen MR) is 119 cm³/mol. The van der Waals surface area contributed by atoms with Crippen LogP contribution in [0.25, 0.3) is 16.6 Å². The summed E-state index contributed by atoms with van der Waals surface area (Å²) in [5.41, 5.74) is 1.89. The second-order valence-corrected chi connectivity index (χ2v) is 7.95. The largest absolute Gasteiger partial charge is 0.273 e. The Kier molecular flexibility index (Phi) is 6.26. The first kappa shape index (κ1) is 19.9. The molecule has 0 saturated carbocycles. The highest BCUT2D eigenvalue weighted by molar-refractivity contribution is 7.99. The van der Waals surface area contributed by atoms with Gasteiger partial charge in [0.15, 0.2) is 5.16 Å². The lowest BCUT2D eigenvalue weighted by Crippen LogP contribution is -2.21. The van der Waals surface area contributed by atoms with Crippen LogP contribution < -0.4 is 5.56 Å². The number of nitriles is 1. The third kappa shape index (κ3) is 4.44. The van der Waals surface area contributed by atoms with Crippen molar-refractivity contribution in [2.75, 3.05) is 5.75 Å². The molecule has 0 aliphatic carbocycles. The third-order valence-corrected chi connectivity index (χ3v) is 5.85. The maximum absolute atomic E-state index is 13.2. The molecule has 0 radical (unpaired) electrons. The van der Waals surface area contributed by atoms with Gasteiger partial charge in [-0.2, -0.15) is 10.4 Å². The van der Waals surface area contributed by atoms with Gasteiger partial charge in [0.05, 0.1) is 28.2 Å². The number of aromatic nitrogens is 4. The summed E-state index contributed by atoms with van der Waals surface area (Å²) in [6.45, 7) is 0.918. The molecule has 0 saturated heterocycles. The minimum Gasteiger partial charge on any atom is -0.273 e. The Morgan fingerprint density at radius 2 is 1.83 bits per heavy atom. The van der Waals surface area contributed by atoms with Gasteiger partial charge in [0.2, 0.25) is 0 Å². The number of hydrogen-bond acceptors (Lipinski definition) is 5. The van der Waals surface area contributed by atoms with Crippen molar-refractivity contribution in [2.24, 2.45) is 0 Å². The first-order valence-corrected chi connectivity index (χ1v) is 10.9. The molecule has 7 heteroatoms. The number of unbranched alkanes of at least 4 members (excludes halogenated alkanes) is 2. The molecule has 0 bridgehead atoms. The molecule has 0 fully saturated rings. The molecule has 0 spiro atoms. The fourth-order valence-corrected chi connectivity index (χ4v) is 4.28. The Hall–Kier alpha value is -3.37. The average molecular weight is 416 g/mol. The van der Waals surface area contributed by atoms with Crippen molar-refractivity contribution >= 4 is 22.7 Å². The van der Waals surface area contributed by atoms with Gasteiger partial charge in [0.25, 0.3) is 5.56 Å². The van der Waals surface area contributed by atoms with Crippen molar-refractivity contribution in [3.05, 3.63) is 82.9 Å². The molecular formula is C23H21N5OS. The number of hydrogen-bond donors (Lipinski definition) is 0. The Labute approximate surface area is 178 Å². The van der Waals surface area contributed by atoms with E-state index < -0.39 is 0 Å². The number of aryl methyl sites for hydroxylation is 1. The van der Waals surface area contributed by atoms with Crippen LogP contribution in [0.1, 0.15) is 24.8 Å². The van der Waals surface area contributed by atoms with Crippen molar-refractivity contribution in [1.29, 1.82) is 5.26 Å². The van der Waals surface area contributed by atoms with Crippen LogP contribution in [-0.2, 0) is 6.54 Å². The normalized spacial score (nSPS) is 10.9. The topological polar surface area (TPSA) is 76.5 Å². The molecule has 0 amide bonds. The lowest BCUT2D eigenvalue weighted by molar-refractivity contribution is 0.554. The molecule has 4 aromatic rings. The molecule has 2 heterocycles. The van der Waals surface area contributed by atoms with E-state index in [2.05, 4.69) is 11.2 Å². The highest BCUT2D eigenvalue weighted by Crippen LogP contribution is 2.22. The summed E-state index contributed by atoms with van der Waals surface area (Å²) in [5, 5.41) is 14.5. The van der Waals surface area contributed by atoms with E-state index in [1.807, 2.05) is 35.1 Å². The Bertz CT molecular complexity index is 1220. The molecule has 0 unspecified atom stereocenters. The lowest BCUT2D eigenvalue weighted by Gasteiger charge is -2.13. The van der Waals surface area contributed by atoms with Gasteiger partial charge in [0, 0.05) is 24.7 Å². The summed E-state index contributed by atoms with van der Waals surface area (Å²) in [6.07, 6.45) is 6.95. The van der Waals surface area contributed by atoms with Crippen LogP contribution in [0.5, 0.6) is 0 Å². The van der Waals surface area contributed by atoms with Gasteiger partial charge in [0.1, 0.15) is 0 Å². The fourth-order valence-electron chi connectivity index (χ4n) is 3.27. The standard InChI is InChI=1S/C23H21N5OS/c24-17-18-9-11-19(12-10-18)28-22(29)20-7-2-3-8-21(20)26-23(28)30-16-5-1-4-14-27-15-6-13-25-27/h2-3,6-13,15H,1,4-5,14,16H2. The predicted octanol–water partition coefficient (Wildman–Crippen LogP) is 4.42. The molecule has 0 aliphatic heterocycles. The third-order valence-electron chi connectivity index (χ3n) is 4.82. The Balaban J connectivity index is 1.53. The van der Waals surface area contributed by atoms with E-state index in [1.165, 1.54) is 0 Å². The van der Waals surface area contributed by atoms with Crippen LogP contribution in [0, 0.1) is 11.3 Å². The van der Waals surface area contributed by atoms with Crippen LogP contribution in [-0.4, -0.2) is 25.1 Å². The first-order valence-electron chi connectivity index (χ1n) is 9.89. The molecule has 4 rings (SSSR count). The van der Waals surface area contributed by atoms with Crippen LogP contribution >= 0.6 is 11.8 Å². The molecule has 0 N–H and O–H groups in total. The van der Waals surface area contributed by atoms with E-state index in [9.17, 15) is 4.79 Å². The minimum absolute atomic E-state index is 0.0912.